The van der Waals surface area contributed by atoms with E-state index in [0.29, 0.717) is 46.7 Å². The van der Waals surface area contributed by atoms with Crippen molar-refractivity contribution < 1.29 is 38.1 Å². The summed E-state index contributed by atoms with van der Waals surface area (Å²) in [4.78, 5) is 59.4. The Balaban J connectivity index is 0.000000148. The van der Waals surface area contributed by atoms with Crippen LogP contribution in [0.4, 0.5) is 22.7 Å². The van der Waals surface area contributed by atoms with E-state index < -0.39 is 0 Å². The number of nitrogens with zero attached hydrogens (tertiary/aromatic N) is 4. The average Bonchev–Trinajstić information content (AvgIpc) is 0.830. The van der Waals surface area contributed by atoms with Gasteiger partial charge in [-0.05, 0) is 331 Å². The zero-order chi connectivity index (χ0) is 90.7. The summed E-state index contributed by atoms with van der Waals surface area (Å²) in [6.07, 6.45) is 13.4. The van der Waals surface area contributed by atoms with Gasteiger partial charge in [-0.25, -0.2) is 0 Å². The molecule has 16 heteroatoms. The minimum atomic E-state index is -0.0984. The van der Waals surface area contributed by atoms with Crippen LogP contribution in [0.5, 0.6) is 23.0 Å². The van der Waals surface area contributed by atoms with Crippen LogP contribution in [0.2, 0.25) is 0 Å². The summed E-state index contributed by atoms with van der Waals surface area (Å²) >= 11 is 0. The summed E-state index contributed by atoms with van der Waals surface area (Å²) in [5.41, 5.74) is 19.2. The zero-order valence-electron chi connectivity index (χ0n) is 77.0. The fourth-order valence-electron chi connectivity index (χ4n) is 16.4. The number of carbonyl (C=O) groups excluding carboxylic acids is 4. The highest BCUT2D eigenvalue weighted by molar-refractivity contribution is 6.07. The van der Waals surface area contributed by atoms with E-state index in [9.17, 15) is 19.2 Å². The van der Waals surface area contributed by atoms with Gasteiger partial charge in [0.25, 0.3) is 23.6 Å². The van der Waals surface area contributed by atoms with Gasteiger partial charge in [0.2, 0.25) is 0 Å². The Morgan fingerprint density at radius 2 is 0.489 bits per heavy atom. The molecule has 0 saturated carbocycles. The molecule has 0 radical (unpaired) electrons. The number of hydrogen-bond acceptors (Lipinski definition) is 12. The number of amides is 4. The normalized spacial score (nSPS) is 14.8. The minimum absolute atomic E-state index is 0. The van der Waals surface area contributed by atoms with Crippen molar-refractivity contribution >= 4 is 57.2 Å². The molecule has 4 heterocycles. The first-order chi connectivity index (χ1) is 63.0. The number of ether oxygens (including phenoxy) is 4. The molecule has 0 spiro atoms. The molecule has 0 aliphatic carbocycles. The van der Waals surface area contributed by atoms with Crippen LogP contribution in [-0.2, 0) is 31.1 Å². The van der Waals surface area contributed by atoms with Crippen LogP contribution in [-0.4, -0.2) is 148 Å². The maximum Gasteiger partial charge on any atom is 0.255 e. The fourth-order valence-corrected chi connectivity index (χ4v) is 16.4. The van der Waals surface area contributed by atoms with Gasteiger partial charge in [-0.3, -0.25) is 19.2 Å². The lowest BCUT2D eigenvalue weighted by atomic mass is 9.87. The van der Waals surface area contributed by atoms with Gasteiger partial charge in [-0.15, -0.1) is 0 Å². The van der Waals surface area contributed by atoms with Gasteiger partial charge in [0.1, 0.15) is 47.4 Å². The number of aryl methyl sites for hydroxylation is 2. The van der Waals surface area contributed by atoms with E-state index in [1.807, 2.05) is 178 Å². The molecule has 0 atom stereocenters. The Kier molecular flexibility index (Phi) is 34.3. The molecule has 13 aromatic rings. The third-order valence-corrected chi connectivity index (χ3v) is 24.7. The second-order valence-corrected chi connectivity index (χ2v) is 36.5. The minimum Gasteiger partial charge on any atom is -0.490 e. The lowest BCUT2D eigenvalue weighted by Gasteiger charge is -2.29. The monoisotopic (exact) mass is 1750 g/mol. The predicted molar refractivity (Wildman–Crippen MR) is 537 cm³/mol. The van der Waals surface area contributed by atoms with E-state index >= 15 is 0 Å². The van der Waals surface area contributed by atoms with E-state index in [2.05, 4.69) is 235 Å². The predicted octanol–water partition coefficient (Wildman–Crippen LogP) is 23.7. The summed E-state index contributed by atoms with van der Waals surface area (Å²) < 4.78 is 24.6. The Hall–Kier alpha value is -13.0. The molecular weight excluding hydrogens is 1620 g/mol. The summed E-state index contributed by atoms with van der Waals surface area (Å²) in [7, 11) is 8.65. The van der Waals surface area contributed by atoms with Crippen molar-refractivity contribution in [1.82, 2.24) is 19.6 Å². The molecule has 13 aromatic carbocycles. The summed E-state index contributed by atoms with van der Waals surface area (Å²) in [5.74, 6) is 3.44. The molecule has 0 bridgehead atoms. The first-order valence-corrected chi connectivity index (χ1v) is 46.1. The SMILES string of the molecule is C.CN1CCC(Oc2ccc(Cc3ccc(NC(=O)c4ccc(C(C)(C)C)cc4)cc3)cc2)CC1.CN1CCC(Oc2ccc(Cc3ccc(NC(=O)c4ccc5ccccc5c4)cc3)cc2)CC1.Cc1ccc(C(=O)Nc2ccc(Cc3ccc(OC4CCN(C)CC4)cc3)cc2)cc1.Cc1ccc(C(=O)Nc2ccc(Cc3ccc(OC4CCN(C)CC4)cc3)cc2)cc1. The number of fused-ring (bicyclic) bond motifs is 1. The topological polar surface area (TPSA) is 166 Å². The van der Waals surface area contributed by atoms with Gasteiger partial charge in [-0.2, -0.15) is 0 Å². The van der Waals surface area contributed by atoms with Gasteiger partial charge in [0, 0.05) is 97.4 Å². The van der Waals surface area contributed by atoms with Crippen molar-refractivity contribution in [3.05, 3.63) is 393 Å². The Morgan fingerprint density at radius 1 is 0.275 bits per heavy atom. The van der Waals surface area contributed by atoms with Crippen molar-refractivity contribution in [3.63, 3.8) is 0 Å². The number of carbonyl (C=O) groups is 4. The quantitative estimate of drug-likeness (QED) is 0.0453. The van der Waals surface area contributed by atoms with Crippen LogP contribution < -0.4 is 40.2 Å². The zero-order valence-corrected chi connectivity index (χ0v) is 77.0. The first-order valence-electron chi connectivity index (χ1n) is 46.1. The second kappa shape index (κ2) is 47.0. The fraction of sp³-hybridized carbons (Fsp3) is 0.304. The van der Waals surface area contributed by atoms with Crippen LogP contribution in [0, 0.1) is 13.8 Å². The number of likely N-dealkylation sites (tertiary alicyclic amines) is 4. The van der Waals surface area contributed by atoms with Gasteiger partial charge >= 0.3 is 0 Å². The van der Waals surface area contributed by atoms with Crippen LogP contribution in [0.25, 0.3) is 10.8 Å². The van der Waals surface area contributed by atoms with Crippen molar-refractivity contribution in [3.8, 4) is 23.0 Å². The lowest BCUT2D eigenvalue weighted by Crippen LogP contribution is -2.35. The summed E-state index contributed by atoms with van der Waals surface area (Å²) in [6, 6.07) is 103. The second-order valence-electron chi connectivity index (χ2n) is 36.5. The standard InChI is InChI=1S/C30H30N2O2.C30H36N2O2.2C27H30N2O2.CH4/c1-32-18-16-29(17-19-32)34-28-14-8-23(9-15-28)20-22-6-12-27(13-7-22)31-30(33)26-11-10-24-4-2-3-5-25(24)21-26;1-30(2,3)25-11-9-24(10-12-25)29(33)31-26-13-5-22(6-14-26)21-23-7-15-27(16-8-23)34-28-17-19-32(4)20-18-28;2*1-20-3-9-23(10-4-20)27(30)28-24-11-5-21(6-12-24)19-22-7-13-25(14-8-22)31-26-15-17-29(2)18-16-26;/h2-15,21,29H,16-20H2,1H3,(H,31,33);5-16,28H,17-21H2,1-4H3,(H,31,33);2*3-14,26H,15-19H2,1-2H3,(H,28,30);1H4. The number of benzene rings is 13. The van der Waals surface area contributed by atoms with E-state index in [-0.39, 0.29) is 36.5 Å². The molecule has 4 fully saturated rings. The van der Waals surface area contributed by atoms with Gasteiger partial charge < -0.3 is 59.8 Å². The van der Waals surface area contributed by atoms with E-state index in [1.165, 1.54) is 50.1 Å². The van der Waals surface area contributed by atoms with Gasteiger partial charge in [-0.1, -0.05) is 203 Å². The smallest absolute Gasteiger partial charge is 0.255 e. The largest absolute Gasteiger partial charge is 0.490 e. The number of rotatable bonds is 24. The van der Waals surface area contributed by atoms with Crippen LogP contribution in [0.1, 0.15) is 182 Å². The first kappa shape index (κ1) is 95.6. The van der Waals surface area contributed by atoms with Crippen LogP contribution >= 0.6 is 0 Å². The summed E-state index contributed by atoms with van der Waals surface area (Å²) in [6.45, 7) is 19.3. The van der Waals surface area contributed by atoms with E-state index in [4.69, 9.17) is 18.9 Å². The number of anilines is 4. The molecular formula is C115H130N8O8. The van der Waals surface area contributed by atoms with Gasteiger partial charge in [0.15, 0.2) is 0 Å². The summed E-state index contributed by atoms with van der Waals surface area (Å²) in [5, 5.41) is 14.1. The van der Waals surface area contributed by atoms with Crippen molar-refractivity contribution in [1.29, 1.82) is 0 Å². The molecule has 678 valence electrons. The van der Waals surface area contributed by atoms with Crippen molar-refractivity contribution in [2.75, 3.05) is 102 Å². The molecule has 4 saturated heterocycles. The molecule has 131 heavy (non-hydrogen) atoms. The van der Waals surface area contributed by atoms with Crippen LogP contribution in [0.15, 0.2) is 309 Å². The highest BCUT2D eigenvalue weighted by Gasteiger charge is 2.24. The highest BCUT2D eigenvalue weighted by atomic mass is 16.5. The number of hydrogen-bond donors (Lipinski definition) is 4. The van der Waals surface area contributed by atoms with Crippen molar-refractivity contribution in [2.24, 2.45) is 0 Å². The Morgan fingerprint density at radius 3 is 0.733 bits per heavy atom. The Labute approximate surface area is 776 Å². The maximum atomic E-state index is 12.7. The molecule has 4 aliphatic rings. The number of nitrogens with one attached hydrogen (secondary N) is 4. The molecule has 4 amide bonds. The third-order valence-electron chi connectivity index (χ3n) is 24.7. The molecule has 17 rings (SSSR count). The Bertz CT molecular complexity index is 5570. The maximum absolute atomic E-state index is 12.7. The average molecular weight is 1750 g/mol. The molecule has 0 unspecified atom stereocenters. The van der Waals surface area contributed by atoms with E-state index in [0.717, 1.165) is 197 Å². The van der Waals surface area contributed by atoms with Gasteiger partial charge in [0.05, 0.1) is 0 Å². The molecule has 16 nitrogen and oxygen atoms in total. The molecule has 0 aromatic heterocycles. The number of piperidine rings is 4. The third kappa shape index (κ3) is 30.0. The van der Waals surface area contributed by atoms with Crippen LogP contribution in [0.3, 0.4) is 0 Å². The van der Waals surface area contributed by atoms with Crippen molar-refractivity contribution in [2.45, 2.75) is 149 Å². The highest BCUT2D eigenvalue weighted by Crippen LogP contribution is 2.30. The molecule has 4 aliphatic heterocycles. The van der Waals surface area contributed by atoms with E-state index in [1.54, 1.807) is 0 Å². The molecule has 4 N–H and O–H groups in total. The lowest BCUT2D eigenvalue weighted by molar-refractivity contribution is 0.101.